The van der Waals surface area contributed by atoms with Crippen LogP contribution in [0.25, 0.3) is 26.4 Å². The zero-order chi connectivity index (χ0) is 21.2. The molecule has 1 fully saturated rings. The van der Waals surface area contributed by atoms with Crippen LogP contribution in [0, 0.1) is 5.82 Å². The van der Waals surface area contributed by atoms with Crippen molar-refractivity contribution in [2.75, 3.05) is 26.2 Å². The number of likely N-dealkylation sites (tertiary alicyclic amines) is 1. The Hall–Kier alpha value is -2.77. The van der Waals surface area contributed by atoms with Crippen molar-refractivity contribution in [3.63, 3.8) is 0 Å². The van der Waals surface area contributed by atoms with Gasteiger partial charge in [-0.25, -0.2) is 9.37 Å². The summed E-state index contributed by atoms with van der Waals surface area (Å²) in [6.45, 7) is 4.10. The number of piperidine rings is 1. The Morgan fingerprint density at radius 3 is 2.81 bits per heavy atom. The second-order valence-corrected chi connectivity index (χ2v) is 9.06. The van der Waals surface area contributed by atoms with Gasteiger partial charge in [-0.2, -0.15) is 0 Å². The fraction of sp³-hybridized carbons (Fsp3) is 0.333. The third kappa shape index (κ3) is 4.20. The molecule has 3 heterocycles. The van der Waals surface area contributed by atoms with Gasteiger partial charge in [0.2, 0.25) is 0 Å². The summed E-state index contributed by atoms with van der Waals surface area (Å²) in [4.78, 5) is 20.5. The Bertz CT molecular complexity index is 1230. The van der Waals surface area contributed by atoms with Crippen LogP contribution in [-0.4, -0.2) is 46.4 Å². The van der Waals surface area contributed by atoms with Crippen molar-refractivity contribution in [2.24, 2.45) is 0 Å². The van der Waals surface area contributed by atoms with Gasteiger partial charge in [-0.3, -0.25) is 9.20 Å². The van der Waals surface area contributed by atoms with Crippen molar-refractivity contribution in [1.82, 2.24) is 19.6 Å². The molecule has 0 atom stereocenters. The number of imidazole rings is 1. The summed E-state index contributed by atoms with van der Waals surface area (Å²) in [5.74, 6) is -0.324. The van der Waals surface area contributed by atoms with Gasteiger partial charge in [0, 0.05) is 23.9 Å². The van der Waals surface area contributed by atoms with Crippen molar-refractivity contribution >= 4 is 32.4 Å². The molecule has 2 aromatic carbocycles. The van der Waals surface area contributed by atoms with Crippen molar-refractivity contribution in [2.45, 2.75) is 25.7 Å². The number of hydrogen-bond acceptors (Lipinski definition) is 4. The molecule has 1 N–H and O–H groups in total. The molecule has 0 saturated carbocycles. The van der Waals surface area contributed by atoms with Crippen LogP contribution in [0.2, 0.25) is 0 Å². The summed E-state index contributed by atoms with van der Waals surface area (Å²) in [5, 5.41) is 3.04. The molecule has 0 bridgehead atoms. The SMILES string of the molecule is O=C(NCCCN1CCCCC1)c1ccc2c(c1)sc1nc(-c3ccccc3F)cn12. The molecule has 160 valence electrons. The molecule has 31 heavy (non-hydrogen) atoms. The van der Waals surface area contributed by atoms with Gasteiger partial charge in [0.25, 0.3) is 5.91 Å². The van der Waals surface area contributed by atoms with Gasteiger partial charge >= 0.3 is 0 Å². The van der Waals surface area contributed by atoms with Crippen LogP contribution in [0.1, 0.15) is 36.0 Å². The standard InChI is InChI=1S/C24H25FN4OS/c25-19-8-3-2-7-18(19)20-16-29-21-10-9-17(15-22(21)31-24(29)27-20)23(30)26-11-6-14-28-12-4-1-5-13-28/h2-3,7-10,15-16H,1,4-6,11-14H2,(H,26,30). The molecule has 0 spiro atoms. The van der Waals surface area contributed by atoms with E-state index in [1.807, 2.05) is 28.8 Å². The van der Waals surface area contributed by atoms with Gasteiger partial charge in [-0.1, -0.05) is 29.9 Å². The topological polar surface area (TPSA) is 49.6 Å². The van der Waals surface area contributed by atoms with E-state index in [4.69, 9.17) is 0 Å². The van der Waals surface area contributed by atoms with Gasteiger partial charge in [0.05, 0.1) is 15.9 Å². The lowest BCUT2D eigenvalue weighted by Crippen LogP contribution is -2.33. The number of hydrogen-bond donors (Lipinski definition) is 1. The molecule has 4 aromatic rings. The highest BCUT2D eigenvalue weighted by molar-refractivity contribution is 7.23. The zero-order valence-corrected chi connectivity index (χ0v) is 18.1. The first-order valence-corrected chi connectivity index (χ1v) is 11.7. The minimum atomic E-state index is -0.281. The molecular formula is C24H25FN4OS. The minimum absolute atomic E-state index is 0.0429. The highest BCUT2D eigenvalue weighted by Gasteiger charge is 2.15. The molecular weight excluding hydrogens is 411 g/mol. The number of nitrogens with one attached hydrogen (secondary N) is 1. The first kappa shape index (κ1) is 20.2. The highest BCUT2D eigenvalue weighted by Crippen LogP contribution is 2.31. The predicted octanol–water partition coefficient (Wildman–Crippen LogP) is 4.96. The van der Waals surface area contributed by atoms with Gasteiger partial charge in [-0.15, -0.1) is 0 Å². The Balaban J connectivity index is 1.27. The summed E-state index contributed by atoms with van der Waals surface area (Å²) in [6.07, 6.45) is 6.75. The highest BCUT2D eigenvalue weighted by atomic mass is 32.1. The molecule has 0 unspecified atom stereocenters. The van der Waals surface area contributed by atoms with E-state index in [2.05, 4.69) is 15.2 Å². The summed E-state index contributed by atoms with van der Waals surface area (Å²) in [6, 6.07) is 12.4. The van der Waals surface area contributed by atoms with E-state index < -0.39 is 0 Å². The molecule has 0 radical (unpaired) electrons. The monoisotopic (exact) mass is 436 g/mol. The molecule has 5 nitrogen and oxygen atoms in total. The van der Waals surface area contributed by atoms with Crippen molar-refractivity contribution < 1.29 is 9.18 Å². The lowest BCUT2D eigenvalue weighted by atomic mass is 10.1. The molecule has 7 heteroatoms. The molecule has 5 rings (SSSR count). The maximum Gasteiger partial charge on any atom is 0.251 e. The number of halogens is 1. The van der Waals surface area contributed by atoms with Crippen LogP contribution < -0.4 is 5.32 Å². The number of nitrogens with zero attached hydrogens (tertiary/aromatic N) is 3. The van der Waals surface area contributed by atoms with Gasteiger partial charge in [-0.05, 0) is 69.2 Å². The number of carbonyl (C=O) groups is 1. The minimum Gasteiger partial charge on any atom is -0.352 e. The Morgan fingerprint density at radius 2 is 1.97 bits per heavy atom. The molecule has 1 aliphatic heterocycles. The number of amides is 1. The summed E-state index contributed by atoms with van der Waals surface area (Å²) < 4.78 is 17.1. The zero-order valence-electron chi connectivity index (χ0n) is 17.3. The number of benzene rings is 2. The van der Waals surface area contributed by atoms with E-state index in [9.17, 15) is 9.18 Å². The molecule has 1 saturated heterocycles. The Kier molecular flexibility index (Phi) is 5.70. The number of rotatable bonds is 6. The first-order chi connectivity index (χ1) is 15.2. The normalized spacial score (nSPS) is 15.0. The van der Waals surface area contributed by atoms with E-state index in [1.54, 1.807) is 18.2 Å². The quantitative estimate of drug-likeness (QED) is 0.435. The van der Waals surface area contributed by atoms with Gasteiger partial charge in [0.15, 0.2) is 4.96 Å². The third-order valence-electron chi connectivity index (χ3n) is 5.89. The van der Waals surface area contributed by atoms with E-state index in [-0.39, 0.29) is 11.7 Å². The van der Waals surface area contributed by atoms with Crippen molar-refractivity contribution in [1.29, 1.82) is 0 Å². The van der Waals surface area contributed by atoms with Crippen molar-refractivity contribution in [3.8, 4) is 11.3 Å². The van der Waals surface area contributed by atoms with Crippen LogP contribution >= 0.6 is 11.3 Å². The third-order valence-corrected chi connectivity index (χ3v) is 6.91. The summed E-state index contributed by atoms with van der Waals surface area (Å²) in [5.41, 5.74) is 2.73. The number of thiazole rings is 1. The van der Waals surface area contributed by atoms with E-state index in [0.29, 0.717) is 23.4 Å². The lowest BCUT2D eigenvalue weighted by molar-refractivity contribution is 0.0951. The average molecular weight is 437 g/mol. The fourth-order valence-electron chi connectivity index (χ4n) is 4.23. The smallest absolute Gasteiger partial charge is 0.251 e. The summed E-state index contributed by atoms with van der Waals surface area (Å²) >= 11 is 1.50. The Labute approximate surface area is 184 Å². The average Bonchev–Trinajstić information content (AvgIpc) is 3.35. The molecule has 1 aliphatic rings. The van der Waals surface area contributed by atoms with Gasteiger partial charge < -0.3 is 10.2 Å². The van der Waals surface area contributed by atoms with Crippen molar-refractivity contribution in [3.05, 3.63) is 60.0 Å². The lowest BCUT2D eigenvalue weighted by Gasteiger charge is -2.26. The van der Waals surface area contributed by atoms with Crippen LogP contribution in [0.5, 0.6) is 0 Å². The van der Waals surface area contributed by atoms with Gasteiger partial charge in [0.1, 0.15) is 5.82 Å². The molecule has 1 amide bonds. The second kappa shape index (κ2) is 8.77. The van der Waals surface area contributed by atoms with Crippen LogP contribution in [0.4, 0.5) is 4.39 Å². The maximum absolute atomic E-state index is 14.1. The van der Waals surface area contributed by atoms with E-state index in [0.717, 1.165) is 28.1 Å². The van der Waals surface area contributed by atoms with E-state index >= 15 is 0 Å². The number of carbonyl (C=O) groups excluding carboxylic acids is 1. The van der Waals surface area contributed by atoms with E-state index in [1.165, 1.54) is 49.8 Å². The fourth-order valence-corrected chi connectivity index (χ4v) is 5.28. The predicted molar refractivity (Wildman–Crippen MR) is 123 cm³/mol. The second-order valence-electron chi connectivity index (χ2n) is 8.05. The summed E-state index contributed by atoms with van der Waals surface area (Å²) in [7, 11) is 0. The largest absolute Gasteiger partial charge is 0.352 e. The molecule has 0 aliphatic carbocycles. The number of aromatic nitrogens is 2. The van der Waals surface area contributed by atoms with Crippen LogP contribution in [0.3, 0.4) is 0 Å². The first-order valence-electron chi connectivity index (χ1n) is 10.9. The Morgan fingerprint density at radius 1 is 1.13 bits per heavy atom. The van der Waals surface area contributed by atoms with Crippen LogP contribution in [0.15, 0.2) is 48.7 Å². The van der Waals surface area contributed by atoms with Crippen LogP contribution in [-0.2, 0) is 0 Å². The number of fused-ring (bicyclic) bond motifs is 3. The maximum atomic E-state index is 14.1. The molecule has 2 aromatic heterocycles.